The Labute approximate surface area is 122 Å². The van der Waals surface area contributed by atoms with Crippen LogP contribution in [0.5, 0.6) is 0 Å². The maximum absolute atomic E-state index is 5.58. The highest BCUT2D eigenvalue weighted by Crippen LogP contribution is 2.17. The van der Waals surface area contributed by atoms with Gasteiger partial charge in [0.25, 0.3) is 0 Å². The van der Waals surface area contributed by atoms with Crippen LogP contribution in [-0.4, -0.2) is 36.3 Å². The van der Waals surface area contributed by atoms with Gasteiger partial charge in [0.2, 0.25) is 0 Å². The van der Waals surface area contributed by atoms with Gasteiger partial charge < -0.3 is 15.4 Å². The molecule has 1 aromatic heterocycles. The van der Waals surface area contributed by atoms with Crippen LogP contribution in [0.3, 0.4) is 0 Å². The standard InChI is InChI=1S/C15H28N4O/c1-5-7-16-14-13(4)15(19-11-18-14)17-8-10-20-9-6-12(2)3/h11-12H,5-10H2,1-4H3,(H2,16,17,18,19). The second-order valence-corrected chi connectivity index (χ2v) is 5.34. The van der Waals surface area contributed by atoms with Crippen molar-refractivity contribution in [2.24, 2.45) is 5.92 Å². The molecular formula is C15H28N4O. The van der Waals surface area contributed by atoms with E-state index in [2.05, 4.69) is 41.4 Å². The number of aromatic nitrogens is 2. The number of hydrogen-bond acceptors (Lipinski definition) is 5. The van der Waals surface area contributed by atoms with Gasteiger partial charge in [-0.25, -0.2) is 9.97 Å². The lowest BCUT2D eigenvalue weighted by Crippen LogP contribution is -2.14. The van der Waals surface area contributed by atoms with Crippen LogP contribution in [0.4, 0.5) is 11.6 Å². The topological polar surface area (TPSA) is 59.1 Å². The predicted octanol–water partition coefficient (Wildman–Crippen LogP) is 3.08. The van der Waals surface area contributed by atoms with Gasteiger partial charge in [0.1, 0.15) is 18.0 Å². The minimum atomic E-state index is 0.694. The van der Waals surface area contributed by atoms with E-state index in [1.165, 1.54) is 0 Å². The molecule has 20 heavy (non-hydrogen) atoms. The summed E-state index contributed by atoms with van der Waals surface area (Å²) in [5.74, 6) is 2.48. The van der Waals surface area contributed by atoms with E-state index in [1.807, 2.05) is 6.92 Å². The average molecular weight is 280 g/mol. The fraction of sp³-hybridized carbons (Fsp3) is 0.733. The van der Waals surface area contributed by atoms with Gasteiger partial charge in [-0.3, -0.25) is 0 Å². The van der Waals surface area contributed by atoms with Crippen molar-refractivity contribution in [3.63, 3.8) is 0 Å². The molecule has 0 aliphatic heterocycles. The van der Waals surface area contributed by atoms with E-state index in [-0.39, 0.29) is 0 Å². The zero-order valence-corrected chi connectivity index (χ0v) is 13.2. The van der Waals surface area contributed by atoms with E-state index < -0.39 is 0 Å². The van der Waals surface area contributed by atoms with Gasteiger partial charge in [-0.15, -0.1) is 0 Å². The first-order valence-electron chi connectivity index (χ1n) is 7.52. The molecule has 1 aromatic rings. The Balaban J connectivity index is 2.32. The molecule has 0 saturated carbocycles. The normalized spacial score (nSPS) is 10.8. The summed E-state index contributed by atoms with van der Waals surface area (Å²) in [5, 5.41) is 6.61. The van der Waals surface area contributed by atoms with Crippen molar-refractivity contribution in [3.05, 3.63) is 11.9 Å². The summed E-state index contributed by atoms with van der Waals surface area (Å²) in [5.41, 5.74) is 1.06. The highest BCUT2D eigenvalue weighted by atomic mass is 16.5. The molecule has 1 rings (SSSR count). The SMILES string of the molecule is CCCNc1ncnc(NCCOCCC(C)C)c1C. The van der Waals surface area contributed by atoms with E-state index in [4.69, 9.17) is 4.74 Å². The molecule has 0 aliphatic carbocycles. The first kappa shape index (κ1) is 16.7. The molecule has 0 aliphatic rings. The first-order chi connectivity index (χ1) is 9.65. The fourth-order valence-electron chi connectivity index (χ4n) is 1.71. The molecule has 0 amide bonds. The van der Waals surface area contributed by atoms with E-state index in [0.29, 0.717) is 12.5 Å². The highest BCUT2D eigenvalue weighted by Gasteiger charge is 2.05. The average Bonchev–Trinajstić information content (AvgIpc) is 2.42. The van der Waals surface area contributed by atoms with Crippen molar-refractivity contribution < 1.29 is 4.74 Å². The zero-order chi connectivity index (χ0) is 14.8. The van der Waals surface area contributed by atoms with Crippen molar-refractivity contribution in [3.8, 4) is 0 Å². The summed E-state index contributed by atoms with van der Waals surface area (Å²) in [6.07, 6.45) is 3.78. The maximum atomic E-state index is 5.58. The molecule has 5 nitrogen and oxygen atoms in total. The van der Waals surface area contributed by atoms with Crippen LogP contribution in [0.2, 0.25) is 0 Å². The van der Waals surface area contributed by atoms with Gasteiger partial charge in [0.05, 0.1) is 6.61 Å². The molecule has 1 heterocycles. The molecule has 0 fully saturated rings. The Morgan fingerprint density at radius 1 is 1.10 bits per heavy atom. The van der Waals surface area contributed by atoms with E-state index in [9.17, 15) is 0 Å². The monoisotopic (exact) mass is 280 g/mol. The molecule has 0 radical (unpaired) electrons. The van der Waals surface area contributed by atoms with E-state index in [1.54, 1.807) is 6.33 Å². The van der Waals surface area contributed by atoms with Gasteiger partial charge in [0, 0.05) is 25.3 Å². The van der Waals surface area contributed by atoms with Crippen LogP contribution in [0.25, 0.3) is 0 Å². The molecule has 0 spiro atoms. The van der Waals surface area contributed by atoms with E-state index in [0.717, 1.165) is 49.7 Å². The third-order valence-corrected chi connectivity index (χ3v) is 3.00. The van der Waals surface area contributed by atoms with Crippen molar-refractivity contribution in [1.29, 1.82) is 0 Å². The molecule has 0 atom stereocenters. The molecule has 0 bridgehead atoms. The summed E-state index contributed by atoms with van der Waals surface area (Å²) in [6, 6.07) is 0. The van der Waals surface area contributed by atoms with Crippen molar-refractivity contribution in [2.75, 3.05) is 36.9 Å². The predicted molar refractivity (Wildman–Crippen MR) is 84.3 cm³/mol. The van der Waals surface area contributed by atoms with Crippen LogP contribution in [0.15, 0.2) is 6.33 Å². The Bertz CT molecular complexity index is 382. The minimum Gasteiger partial charge on any atom is -0.380 e. The summed E-state index contributed by atoms with van der Waals surface area (Å²) >= 11 is 0. The van der Waals surface area contributed by atoms with Crippen molar-refractivity contribution in [1.82, 2.24) is 9.97 Å². The molecule has 0 saturated heterocycles. The number of hydrogen-bond donors (Lipinski definition) is 2. The number of nitrogens with one attached hydrogen (secondary N) is 2. The van der Waals surface area contributed by atoms with Gasteiger partial charge >= 0.3 is 0 Å². The quantitative estimate of drug-likeness (QED) is 0.645. The number of anilines is 2. The molecule has 0 aromatic carbocycles. The Hall–Kier alpha value is -1.36. The Morgan fingerprint density at radius 2 is 1.75 bits per heavy atom. The Kier molecular flexibility index (Phi) is 7.95. The molecule has 114 valence electrons. The lowest BCUT2D eigenvalue weighted by Gasteiger charge is -2.12. The van der Waals surface area contributed by atoms with Crippen LogP contribution in [0, 0.1) is 12.8 Å². The Morgan fingerprint density at radius 3 is 2.35 bits per heavy atom. The van der Waals surface area contributed by atoms with Crippen molar-refractivity contribution in [2.45, 2.75) is 40.5 Å². The minimum absolute atomic E-state index is 0.694. The lowest BCUT2D eigenvalue weighted by atomic mass is 10.1. The fourth-order valence-corrected chi connectivity index (χ4v) is 1.71. The second kappa shape index (κ2) is 9.53. The molecule has 2 N–H and O–H groups in total. The van der Waals surface area contributed by atoms with Gasteiger partial charge in [-0.1, -0.05) is 20.8 Å². The molecule has 0 unspecified atom stereocenters. The second-order valence-electron chi connectivity index (χ2n) is 5.34. The first-order valence-corrected chi connectivity index (χ1v) is 7.52. The van der Waals surface area contributed by atoms with Gasteiger partial charge in [-0.05, 0) is 25.7 Å². The summed E-state index contributed by atoms with van der Waals surface area (Å²) < 4.78 is 5.58. The lowest BCUT2D eigenvalue weighted by molar-refractivity contribution is 0.132. The third-order valence-electron chi connectivity index (χ3n) is 3.00. The molecule has 5 heteroatoms. The number of rotatable bonds is 10. The zero-order valence-electron chi connectivity index (χ0n) is 13.2. The van der Waals surface area contributed by atoms with E-state index >= 15 is 0 Å². The summed E-state index contributed by atoms with van der Waals surface area (Å²) in [4.78, 5) is 8.54. The summed E-state index contributed by atoms with van der Waals surface area (Å²) in [7, 11) is 0. The van der Waals surface area contributed by atoms with Crippen LogP contribution in [0.1, 0.15) is 39.2 Å². The largest absolute Gasteiger partial charge is 0.380 e. The maximum Gasteiger partial charge on any atom is 0.134 e. The summed E-state index contributed by atoms with van der Waals surface area (Å²) in [6.45, 7) is 11.8. The third kappa shape index (κ3) is 6.19. The van der Waals surface area contributed by atoms with Crippen LogP contribution in [-0.2, 0) is 4.74 Å². The van der Waals surface area contributed by atoms with Gasteiger partial charge in [0.15, 0.2) is 0 Å². The smallest absolute Gasteiger partial charge is 0.134 e. The van der Waals surface area contributed by atoms with Crippen molar-refractivity contribution >= 4 is 11.6 Å². The van der Waals surface area contributed by atoms with Gasteiger partial charge in [-0.2, -0.15) is 0 Å². The highest BCUT2D eigenvalue weighted by molar-refractivity contribution is 5.56. The van der Waals surface area contributed by atoms with Crippen LogP contribution < -0.4 is 10.6 Å². The molecular weight excluding hydrogens is 252 g/mol. The number of ether oxygens (including phenoxy) is 1. The van der Waals surface area contributed by atoms with Crippen LogP contribution >= 0.6 is 0 Å². The number of nitrogens with zero attached hydrogens (tertiary/aromatic N) is 2.